The number of aryl methyl sites for hydroxylation is 1. The van der Waals surface area contributed by atoms with Gasteiger partial charge in [-0.2, -0.15) is 0 Å². The Balaban J connectivity index is 1.49. The van der Waals surface area contributed by atoms with Crippen molar-refractivity contribution in [3.8, 4) is 0 Å². The van der Waals surface area contributed by atoms with Gasteiger partial charge in [0.05, 0.1) is 21.3 Å². The van der Waals surface area contributed by atoms with Gasteiger partial charge in [0.15, 0.2) is 0 Å². The minimum absolute atomic E-state index is 0.292. The highest BCUT2D eigenvalue weighted by Crippen LogP contribution is 2.38. The fourth-order valence-corrected chi connectivity index (χ4v) is 5.07. The molecule has 9 heteroatoms. The number of fused-ring (bicyclic) bond motifs is 1. The Labute approximate surface area is 175 Å². The summed E-state index contributed by atoms with van der Waals surface area (Å²) in [5.41, 5.74) is 8.33. The predicted molar refractivity (Wildman–Crippen MR) is 111 cm³/mol. The van der Waals surface area contributed by atoms with E-state index in [-0.39, 0.29) is 5.91 Å². The molecule has 0 saturated heterocycles. The highest BCUT2D eigenvalue weighted by molar-refractivity contribution is 7.17. The normalized spacial score (nSPS) is 18.2. The minimum Gasteiger partial charge on any atom is -0.382 e. The van der Waals surface area contributed by atoms with Crippen molar-refractivity contribution in [2.75, 3.05) is 5.32 Å². The van der Waals surface area contributed by atoms with E-state index >= 15 is 0 Å². The lowest BCUT2D eigenvalue weighted by molar-refractivity contribution is -0.125. The summed E-state index contributed by atoms with van der Waals surface area (Å²) in [5.74, 6) is -0.880. The number of benzene rings is 1. The summed E-state index contributed by atoms with van der Waals surface area (Å²) in [7, 11) is 0. The first kappa shape index (κ1) is 19.2. The van der Waals surface area contributed by atoms with Crippen molar-refractivity contribution in [2.45, 2.75) is 38.2 Å². The SMILES string of the molecule is NC(=O)c1c(NC(=O)[C@H]2CC(c3ccc(Cl)c(Cl)c3)=NO2)sc2c1CCCC2. The van der Waals surface area contributed by atoms with Gasteiger partial charge >= 0.3 is 0 Å². The molecule has 0 saturated carbocycles. The molecule has 3 N–H and O–H groups in total. The van der Waals surface area contributed by atoms with E-state index in [9.17, 15) is 9.59 Å². The largest absolute Gasteiger partial charge is 0.382 e. The molecule has 1 aliphatic carbocycles. The molecule has 146 valence electrons. The van der Waals surface area contributed by atoms with Crippen molar-refractivity contribution in [3.05, 3.63) is 49.8 Å². The molecule has 28 heavy (non-hydrogen) atoms. The summed E-state index contributed by atoms with van der Waals surface area (Å²) in [5, 5.41) is 8.17. The molecule has 0 spiro atoms. The summed E-state index contributed by atoms with van der Waals surface area (Å²) in [6, 6.07) is 5.13. The predicted octanol–water partition coefficient (Wildman–Crippen LogP) is 4.16. The summed E-state index contributed by atoms with van der Waals surface area (Å²) in [6.45, 7) is 0. The van der Waals surface area contributed by atoms with Gasteiger partial charge in [0.1, 0.15) is 5.00 Å². The van der Waals surface area contributed by atoms with Gasteiger partial charge in [0, 0.05) is 16.9 Å². The van der Waals surface area contributed by atoms with Crippen LogP contribution in [0, 0.1) is 0 Å². The third-order valence-corrected chi connectivity index (χ3v) is 6.81. The van der Waals surface area contributed by atoms with Gasteiger partial charge in [-0.25, -0.2) is 0 Å². The topological polar surface area (TPSA) is 93.8 Å². The first-order valence-corrected chi connectivity index (χ1v) is 10.4. The monoisotopic (exact) mass is 437 g/mol. The van der Waals surface area contributed by atoms with E-state index in [1.165, 1.54) is 11.3 Å². The van der Waals surface area contributed by atoms with Crippen LogP contribution in [0.3, 0.4) is 0 Å². The summed E-state index contributed by atoms with van der Waals surface area (Å²) in [4.78, 5) is 31.1. The van der Waals surface area contributed by atoms with Gasteiger partial charge in [-0.15, -0.1) is 11.3 Å². The molecule has 2 heterocycles. The second kappa shape index (κ2) is 7.73. The molecule has 2 aliphatic rings. The Morgan fingerprint density at radius 1 is 1.21 bits per heavy atom. The lowest BCUT2D eigenvalue weighted by Crippen LogP contribution is -2.28. The number of thiophene rings is 1. The zero-order valence-corrected chi connectivity index (χ0v) is 17.1. The summed E-state index contributed by atoms with van der Waals surface area (Å²) < 4.78 is 0. The van der Waals surface area contributed by atoms with Gasteiger partial charge in [-0.1, -0.05) is 34.4 Å². The molecule has 2 aromatic rings. The maximum Gasteiger partial charge on any atom is 0.269 e. The van der Waals surface area contributed by atoms with Gasteiger partial charge in [0.25, 0.3) is 11.8 Å². The third kappa shape index (κ3) is 3.62. The number of carbonyl (C=O) groups excluding carboxylic acids is 2. The van der Waals surface area contributed by atoms with Gasteiger partial charge in [-0.3, -0.25) is 9.59 Å². The molecule has 0 unspecified atom stereocenters. The fourth-order valence-electron chi connectivity index (χ4n) is 3.47. The van der Waals surface area contributed by atoms with E-state index in [2.05, 4.69) is 10.5 Å². The Bertz CT molecular complexity index is 1000. The number of nitrogens with zero attached hydrogens (tertiary/aromatic N) is 1. The van der Waals surface area contributed by atoms with Gasteiger partial charge in [0.2, 0.25) is 6.10 Å². The van der Waals surface area contributed by atoms with Crippen LogP contribution in [-0.4, -0.2) is 23.6 Å². The summed E-state index contributed by atoms with van der Waals surface area (Å²) >= 11 is 13.4. The molecule has 1 aliphatic heterocycles. The van der Waals surface area contributed by atoms with Crippen molar-refractivity contribution in [3.63, 3.8) is 0 Å². The Hall–Kier alpha value is -2.09. The van der Waals surface area contributed by atoms with Crippen LogP contribution in [0.4, 0.5) is 5.00 Å². The number of oxime groups is 1. The number of hydrogen-bond acceptors (Lipinski definition) is 5. The van der Waals surface area contributed by atoms with Gasteiger partial charge in [-0.05, 0) is 43.4 Å². The number of nitrogens with two attached hydrogens (primary N) is 1. The number of carbonyl (C=O) groups is 2. The molecule has 1 atom stereocenters. The van der Waals surface area contributed by atoms with Crippen LogP contribution in [0.5, 0.6) is 0 Å². The summed E-state index contributed by atoms with van der Waals surface area (Å²) in [6.07, 6.45) is 3.31. The number of hydrogen-bond donors (Lipinski definition) is 2. The van der Waals surface area contributed by atoms with E-state index in [0.29, 0.717) is 32.7 Å². The zero-order chi connectivity index (χ0) is 19.8. The smallest absolute Gasteiger partial charge is 0.269 e. The molecule has 1 aromatic carbocycles. The number of primary amides is 1. The fraction of sp³-hybridized carbons (Fsp3) is 0.316. The standard InChI is InChI=1S/C19H17Cl2N3O3S/c20-11-6-5-9(7-12(11)21)13-8-14(27-24-13)18(26)23-19-16(17(22)25)10-3-1-2-4-15(10)28-19/h5-7,14H,1-4,8H2,(H2,22,25)(H,23,26)/t14-/m1/s1. The molecule has 1 aromatic heterocycles. The van der Waals surface area contributed by atoms with Crippen molar-refractivity contribution in [2.24, 2.45) is 10.9 Å². The number of halogens is 2. The van der Waals surface area contributed by atoms with Crippen LogP contribution in [-0.2, 0) is 22.5 Å². The van der Waals surface area contributed by atoms with Crippen molar-refractivity contribution < 1.29 is 14.4 Å². The molecule has 0 fully saturated rings. The van der Waals surface area contributed by atoms with E-state index in [1.807, 2.05) is 0 Å². The first-order valence-electron chi connectivity index (χ1n) is 8.87. The van der Waals surface area contributed by atoms with Crippen LogP contribution in [0.2, 0.25) is 10.0 Å². The number of anilines is 1. The van der Waals surface area contributed by atoms with Crippen LogP contribution in [0.25, 0.3) is 0 Å². The average Bonchev–Trinajstić information content (AvgIpc) is 3.28. The van der Waals surface area contributed by atoms with Crippen LogP contribution < -0.4 is 11.1 Å². The maximum absolute atomic E-state index is 12.7. The van der Waals surface area contributed by atoms with E-state index < -0.39 is 12.0 Å². The maximum atomic E-state index is 12.7. The second-order valence-corrected chi connectivity index (χ2v) is 8.65. The quantitative estimate of drug-likeness (QED) is 0.751. The molecular formula is C19H17Cl2N3O3S. The number of amides is 2. The number of nitrogens with one attached hydrogen (secondary N) is 1. The Kier molecular flexibility index (Phi) is 5.31. The zero-order valence-electron chi connectivity index (χ0n) is 14.8. The molecule has 4 rings (SSSR count). The highest BCUT2D eigenvalue weighted by atomic mass is 35.5. The second-order valence-electron chi connectivity index (χ2n) is 6.73. The average molecular weight is 438 g/mol. The molecule has 0 bridgehead atoms. The van der Waals surface area contributed by atoms with E-state index in [4.69, 9.17) is 33.8 Å². The highest BCUT2D eigenvalue weighted by Gasteiger charge is 2.32. The van der Waals surface area contributed by atoms with E-state index in [0.717, 1.165) is 41.7 Å². The molecular weight excluding hydrogens is 421 g/mol. The molecule has 2 amide bonds. The van der Waals surface area contributed by atoms with Crippen LogP contribution in [0.15, 0.2) is 23.4 Å². The molecule has 6 nitrogen and oxygen atoms in total. The lowest BCUT2D eigenvalue weighted by atomic mass is 9.95. The van der Waals surface area contributed by atoms with Crippen molar-refractivity contribution in [1.82, 2.24) is 0 Å². The number of rotatable bonds is 4. The van der Waals surface area contributed by atoms with Crippen LogP contribution >= 0.6 is 34.5 Å². The van der Waals surface area contributed by atoms with Crippen LogP contribution in [0.1, 0.15) is 45.6 Å². The lowest BCUT2D eigenvalue weighted by Gasteiger charge is -2.11. The Morgan fingerprint density at radius 3 is 2.75 bits per heavy atom. The first-order chi connectivity index (χ1) is 13.4. The Morgan fingerprint density at radius 2 is 2.00 bits per heavy atom. The van der Waals surface area contributed by atoms with E-state index in [1.54, 1.807) is 18.2 Å². The van der Waals surface area contributed by atoms with Crippen molar-refractivity contribution in [1.29, 1.82) is 0 Å². The minimum atomic E-state index is -0.788. The van der Waals surface area contributed by atoms with Gasteiger partial charge < -0.3 is 15.9 Å². The van der Waals surface area contributed by atoms with Crippen molar-refractivity contribution >= 4 is 57.1 Å². The third-order valence-electron chi connectivity index (χ3n) is 4.87. The molecule has 0 radical (unpaired) electrons.